The minimum atomic E-state index is -0.923. The van der Waals surface area contributed by atoms with Crippen LogP contribution in [-0.2, 0) is 9.59 Å². The molecule has 0 aromatic carbocycles. The zero-order chi connectivity index (χ0) is 14.1. The molecule has 0 aromatic rings. The molecule has 1 rings (SSSR count). The summed E-state index contributed by atoms with van der Waals surface area (Å²) in [6.45, 7) is 7.66. The van der Waals surface area contributed by atoms with E-state index in [1.807, 2.05) is 0 Å². The van der Waals surface area contributed by atoms with Crippen molar-refractivity contribution in [2.24, 2.45) is 11.1 Å². The van der Waals surface area contributed by atoms with Crippen LogP contribution in [0.3, 0.4) is 0 Å². The van der Waals surface area contributed by atoms with E-state index in [1.165, 1.54) is 4.90 Å². The summed E-state index contributed by atoms with van der Waals surface area (Å²) in [5.41, 5.74) is 4.58. The van der Waals surface area contributed by atoms with Gasteiger partial charge in [0, 0.05) is 12.1 Å². The highest BCUT2D eigenvalue weighted by molar-refractivity contribution is 5.88. The summed E-state index contributed by atoms with van der Waals surface area (Å²) in [4.78, 5) is 25.3. The van der Waals surface area contributed by atoms with Crippen molar-refractivity contribution in [1.29, 1.82) is 0 Å². The van der Waals surface area contributed by atoms with Crippen LogP contribution in [0, 0.1) is 5.41 Å². The molecular weight excluding hydrogens is 232 g/mol. The van der Waals surface area contributed by atoms with Gasteiger partial charge in [0.1, 0.15) is 6.04 Å². The number of hydrogen-bond donors (Lipinski definition) is 2. The van der Waals surface area contributed by atoms with Gasteiger partial charge in [-0.3, -0.25) is 4.79 Å². The van der Waals surface area contributed by atoms with E-state index in [0.29, 0.717) is 13.0 Å². The molecule has 3 N–H and O–H groups in total. The van der Waals surface area contributed by atoms with E-state index in [-0.39, 0.29) is 5.91 Å². The highest BCUT2D eigenvalue weighted by atomic mass is 16.4. The number of rotatable bonds is 3. The van der Waals surface area contributed by atoms with Crippen LogP contribution in [0.25, 0.3) is 0 Å². The van der Waals surface area contributed by atoms with E-state index in [9.17, 15) is 14.7 Å². The number of carbonyl (C=O) groups excluding carboxylic acids is 1. The molecule has 0 radical (unpaired) electrons. The first-order valence-corrected chi connectivity index (χ1v) is 6.42. The normalized spacial score (nSPS) is 21.8. The lowest BCUT2D eigenvalue weighted by Crippen LogP contribution is -2.60. The maximum Gasteiger partial charge on any atom is 0.326 e. The van der Waals surface area contributed by atoms with Gasteiger partial charge in [-0.2, -0.15) is 0 Å². The van der Waals surface area contributed by atoms with Crippen LogP contribution >= 0.6 is 0 Å². The van der Waals surface area contributed by atoms with Gasteiger partial charge in [-0.05, 0) is 47.0 Å². The predicted octanol–water partition coefficient (Wildman–Crippen LogP) is 1.22. The second-order valence-corrected chi connectivity index (χ2v) is 6.20. The Morgan fingerprint density at radius 3 is 2.22 bits per heavy atom. The second kappa shape index (κ2) is 4.88. The highest BCUT2D eigenvalue weighted by Crippen LogP contribution is 2.33. The van der Waals surface area contributed by atoms with E-state index in [0.717, 1.165) is 12.8 Å². The average molecular weight is 256 g/mol. The molecule has 1 aliphatic heterocycles. The molecule has 0 saturated carbocycles. The van der Waals surface area contributed by atoms with Gasteiger partial charge in [0.15, 0.2) is 0 Å². The highest BCUT2D eigenvalue weighted by Gasteiger charge is 2.45. The Morgan fingerprint density at radius 2 is 1.78 bits per heavy atom. The van der Waals surface area contributed by atoms with Gasteiger partial charge in [-0.1, -0.05) is 0 Å². The molecule has 1 amide bonds. The van der Waals surface area contributed by atoms with E-state index in [2.05, 4.69) is 0 Å². The first kappa shape index (κ1) is 15.0. The van der Waals surface area contributed by atoms with Crippen molar-refractivity contribution >= 4 is 11.9 Å². The molecule has 5 nitrogen and oxygen atoms in total. The number of carbonyl (C=O) groups is 2. The molecule has 5 heteroatoms. The maximum absolute atomic E-state index is 12.6. The fourth-order valence-electron chi connectivity index (χ4n) is 2.07. The molecule has 1 aliphatic rings. The first-order chi connectivity index (χ1) is 8.09. The molecule has 18 heavy (non-hydrogen) atoms. The smallest absolute Gasteiger partial charge is 0.326 e. The Morgan fingerprint density at radius 1 is 1.22 bits per heavy atom. The lowest BCUT2D eigenvalue weighted by Gasteiger charge is -2.43. The Bertz CT molecular complexity index is 345. The number of carboxylic acid groups (broad SMARTS) is 1. The van der Waals surface area contributed by atoms with Crippen LogP contribution < -0.4 is 5.73 Å². The predicted molar refractivity (Wildman–Crippen MR) is 69.0 cm³/mol. The maximum atomic E-state index is 12.6. The topological polar surface area (TPSA) is 83.6 Å². The average Bonchev–Trinajstić information content (AvgIpc) is 2.26. The van der Waals surface area contributed by atoms with Crippen molar-refractivity contribution in [3.63, 3.8) is 0 Å². The van der Waals surface area contributed by atoms with Crippen LogP contribution in [0.4, 0.5) is 0 Å². The summed E-state index contributed by atoms with van der Waals surface area (Å²) in [6.07, 6.45) is 2.24. The van der Waals surface area contributed by atoms with Crippen molar-refractivity contribution in [3.8, 4) is 0 Å². The molecule has 1 heterocycles. The molecule has 0 aromatic heterocycles. The molecular formula is C13H24N2O3. The van der Waals surface area contributed by atoms with E-state index >= 15 is 0 Å². The summed E-state index contributed by atoms with van der Waals surface area (Å²) in [5, 5.41) is 9.20. The zero-order valence-corrected chi connectivity index (χ0v) is 11.7. The monoisotopic (exact) mass is 256 g/mol. The quantitative estimate of drug-likeness (QED) is 0.795. The first-order valence-electron chi connectivity index (χ1n) is 6.42. The zero-order valence-electron chi connectivity index (χ0n) is 11.7. The molecule has 0 unspecified atom stereocenters. The van der Waals surface area contributed by atoms with Crippen molar-refractivity contribution in [2.45, 2.75) is 58.5 Å². The number of hydrogen-bond acceptors (Lipinski definition) is 3. The molecule has 0 spiro atoms. The van der Waals surface area contributed by atoms with Crippen LogP contribution in [0.1, 0.15) is 47.0 Å². The standard InChI is InChI=1S/C13H24N2O3/c1-12(2,13(3,4)14)11(18)15-8-6-5-7-9(15)10(16)17/h9H,5-8,14H2,1-4H3,(H,16,17)/t9-/m0/s1. The number of nitrogens with zero attached hydrogens (tertiary/aromatic N) is 1. The third-order valence-electron chi connectivity index (χ3n) is 4.19. The number of amides is 1. The summed E-state index contributed by atoms with van der Waals surface area (Å²) < 4.78 is 0. The summed E-state index contributed by atoms with van der Waals surface area (Å²) >= 11 is 0. The van der Waals surface area contributed by atoms with E-state index < -0.39 is 23.0 Å². The number of carboxylic acids is 1. The third kappa shape index (κ3) is 2.66. The van der Waals surface area contributed by atoms with Gasteiger partial charge < -0.3 is 15.7 Å². The van der Waals surface area contributed by atoms with Crippen LogP contribution in [-0.4, -0.2) is 40.0 Å². The SMILES string of the molecule is CC(C)(N)C(C)(C)C(=O)N1CCCC[C@H]1C(=O)O. The summed E-state index contributed by atoms with van der Waals surface area (Å²) in [7, 11) is 0. The van der Waals surface area contributed by atoms with Crippen molar-refractivity contribution in [3.05, 3.63) is 0 Å². The summed E-state index contributed by atoms with van der Waals surface area (Å²) in [5.74, 6) is -1.09. The van der Waals surface area contributed by atoms with Crippen LogP contribution in [0.2, 0.25) is 0 Å². The largest absolute Gasteiger partial charge is 0.480 e. The molecule has 1 atom stereocenters. The van der Waals surface area contributed by atoms with E-state index in [4.69, 9.17) is 5.73 Å². The number of piperidine rings is 1. The van der Waals surface area contributed by atoms with Gasteiger partial charge in [-0.15, -0.1) is 0 Å². The Hall–Kier alpha value is -1.10. The van der Waals surface area contributed by atoms with Gasteiger partial charge >= 0.3 is 5.97 Å². The molecule has 1 saturated heterocycles. The van der Waals surface area contributed by atoms with Crippen molar-refractivity contribution in [2.75, 3.05) is 6.54 Å². The molecule has 0 aliphatic carbocycles. The fourth-order valence-corrected chi connectivity index (χ4v) is 2.07. The third-order valence-corrected chi connectivity index (χ3v) is 4.19. The Balaban J connectivity index is 2.97. The number of aliphatic carboxylic acids is 1. The number of likely N-dealkylation sites (tertiary alicyclic amines) is 1. The lowest BCUT2D eigenvalue weighted by molar-refractivity contribution is -0.158. The van der Waals surface area contributed by atoms with Crippen molar-refractivity contribution in [1.82, 2.24) is 4.90 Å². The van der Waals surface area contributed by atoms with Crippen LogP contribution in [0.15, 0.2) is 0 Å². The minimum absolute atomic E-state index is 0.165. The van der Waals surface area contributed by atoms with Gasteiger partial charge in [0.05, 0.1) is 5.41 Å². The Labute approximate surface area is 108 Å². The van der Waals surface area contributed by atoms with Gasteiger partial charge in [-0.25, -0.2) is 4.79 Å². The molecule has 1 fully saturated rings. The molecule has 0 bridgehead atoms. The van der Waals surface area contributed by atoms with Gasteiger partial charge in [0.2, 0.25) is 5.91 Å². The van der Waals surface area contributed by atoms with E-state index in [1.54, 1.807) is 27.7 Å². The van der Waals surface area contributed by atoms with Gasteiger partial charge in [0.25, 0.3) is 0 Å². The van der Waals surface area contributed by atoms with Crippen LogP contribution in [0.5, 0.6) is 0 Å². The Kier molecular flexibility index (Phi) is 4.05. The lowest BCUT2D eigenvalue weighted by atomic mass is 9.73. The molecule has 104 valence electrons. The second-order valence-electron chi connectivity index (χ2n) is 6.20. The fraction of sp³-hybridized carbons (Fsp3) is 0.846. The minimum Gasteiger partial charge on any atom is -0.480 e. The van der Waals surface area contributed by atoms with Crippen molar-refractivity contribution < 1.29 is 14.7 Å². The summed E-state index contributed by atoms with van der Waals surface area (Å²) in [6, 6.07) is -0.701. The number of nitrogens with two attached hydrogens (primary N) is 1.